The number of nitrogens with one attached hydrogen (secondary N) is 1. The van der Waals surface area contributed by atoms with E-state index < -0.39 is 17.6 Å². The van der Waals surface area contributed by atoms with Crippen LogP contribution in [0.25, 0.3) is 11.3 Å². The fourth-order valence-electron chi connectivity index (χ4n) is 2.23. The number of pyridine rings is 1. The lowest BCUT2D eigenvalue weighted by molar-refractivity contribution is -0.137. The minimum Gasteiger partial charge on any atom is -0.402 e. The quantitative estimate of drug-likeness (QED) is 0.411. The molecule has 0 saturated heterocycles. The Labute approximate surface area is 159 Å². The molecule has 6 nitrogen and oxygen atoms in total. The molecule has 0 unspecified atom stereocenters. The summed E-state index contributed by atoms with van der Waals surface area (Å²) in [4.78, 5) is 19.5. The van der Waals surface area contributed by atoms with Crippen LogP contribution in [-0.2, 0) is 11.0 Å². The molecule has 9 heteroatoms. The molecule has 0 radical (unpaired) electrons. The molecule has 0 atom stereocenters. The first-order chi connectivity index (χ1) is 13.1. The third-order valence-electron chi connectivity index (χ3n) is 3.37. The highest BCUT2D eigenvalue weighted by Gasteiger charge is 2.31. The van der Waals surface area contributed by atoms with Gasteiger partial charge in [0.2, 0.25) is 5.91 Å². The van der Waals surface area contributed by atoms with Crippen LogP contribution < -0.4 is 16.8 Å². The third-order valence-corrected chi connectivity index (χ3v) is 3.37. The van der Waals surface area contributed by atoms with Crippen molar-refractivity contribution in [1.82, 2.24) is 4.98 Å². The van der Waals surface area contributed by atoms with E-state index >= 15 is 0 Å². The predicted molar refractivity (Wildman–Crippen MR) is 103 cm³/mol. The van der Waals surface area contributed by atoms with Gasteiger partial charge in [-0.05, 0) is 43.3 Å². The maximum atomic E-state index is 13.3. The Morgan fingerprint density at radius 2 is 1.96 bits per heavy atom. The smallest absolute Gasteiger partial charge is 0.402 e. The van der Waals surface area contributed by atoms with Crippen LogP contribution in [0.3, 0.4) is 0 Å². The lowest BCUT2D eigenvalue weighted by atomic mass is 10.1. The van der Waals surface area contributed by atoms with Gasteiger partial charge in [0.05, 0.1) is 11.3 Å². The Hall–Kier alpha value is -3.62. The van der Waals surface area contributed by atoms with Gasteiger partial charge < -0.3 is 16.8 Å². The van der Waals surface area contributed by atoms with Gasteiger partial charge in [-0.1, -0.05) is 18.7 Å². The van der Waals surface area contributed by atoms with Crippen LogP contribution in [0.2, 0.25) is 0 Å². The number of nitrogens with two attached hydrogens (primary N) is 2. The summed E-state index contributed by atoms with van der Waals surface area (Å²) < 4.78 is 39.9. The molecule has 2 aromatic rings. The normalized spacial score (nSPS) is 12.6. The van der Waals surface area contributed by atoms with Gasteiger partial charge in [-0.25, -0.2) is 9.98 Å². The van der Waals surface area contributed by atoms with Crippen molar-refractivity contribution in [3.63, 3.8) is 0 Å². The van der Waals surface area contributed by atoms with Gasteiger partial charge in [-0.3, -0.25) is 4.79 Å². The second kappa shape index (κ2) is 8.38. The Balaban J connectivity index is 2.56. The maximum absolute atomic E-state index is 13.3. The number of nitrogens with zero attached hydrogens (tertiary/aromatic N) is 2. The number of aromatic nitrogens is 1. The average molecular weight is 389 g/mol. The molecule has 0 aliphatic rings. The van der Waals surface area contributed by atoms with Crippen LogP contribution in [0.5, 0.6) is 0 Å². The van der Waals surface area contributed by atoms with Crippen molar-refractivity contribution in [3.05, 3.63) is 66.4 Å². The molecule has 28 heavy (non-hydrogen) atoms. The zero-order valence-corrected chi connectivity index (χ0v) is 14.9. The fraction of sp³-hybridized carbons (Fsp3) is 0.105. The number of anilines is 1. The number of hydrogen-bond acceptors (Lipinski definition) is 4. The van der Waals surface area contributed by atoms with E-state index in [1.54, 1.807) is 25.1 Å². The number of allylic oxidation sites excluding steroid dienone is 1. The SMILES string of the molecule is C=CC(=O)Nc1cccc(-c2cc(C(F)(F)F)cc(N=C(N)/C=C(/C)N)n2)c1. The number of alkyl halides is 3. The number of halogens is 3. The topological polar surface area (TPSA) is 106 Å². The number of amides is 1. The molecule has 146 valence electrons. The monoisotopic (exact) mass is 389 g/mol. The first-order valence-corrected chi connectivity index (χ1v) is 7.99. The van der Waals surface area contributed by atoms with Crippen molar-refractivity contribution in [2.75, 3.05) is 5.32 Å². The molecule has 0 aliphatic heterocycles. The molecular formula is C19H18F3N5O. The van der Waals surface area contributed by atoms with Crippen molar-refractivity contribution < 1.29 is 18.0 Å². The molecule has 0 fully saturated rings. The first-order valence-electron chi connectivity index (χ1n) is 7.99. The van der Waals surface area contributed by atoms with E-state index in [0.29, 0.717) is 16.9 Å². The summed E-state index contributed by atoms with van der Waals surface area (Å²) in [6, 6.07) is 7.91. The van der Waals surface area contributed by atoms with Crippen LogP contribution in [0, 0.1) is 0 Å². The molecular weight excluding hydrogens is 371 g/mol. The van der Waals surface area contributed by atoms with Gasteiger partial charge in [0, 0.05) is 16.9 Å². The van der Waals surface area contributed by atoms with Gasteiger partial charge in [-0.2, -0.15) is 13.2 Å². The highest BCUT2D eigenvalue weighted by molar-refractivity contribution is 5.99. The number of aliphatic imine (C=N–C) groups is 1. The molecule has 1 heterocycles. The summed E-state index contributed by atoms with van der Waals surface area (Å²) in [6.07, 6.45) is -2.21. The van der Waals surface area contributed by atoms with Crippen LogP contribution in [0.4, 0.5) is 24.7 Å². The Morgan fingerprint density at radius 3 is 2.57 bits per heavy atom. The third kappa shape index (κ3) is 5.70. The van der Waals surface area contributed by atoms with Crippen LogP contribution in [0.1, 0.15) is 12.5 Å². The van der Waals surface area contributed by atoms with E-state index in [0.717, 1.165) is 18.2 Å². The molecule has 1 aromatic carbocycles. The number of hydrogen-bond donors (Lipinski definition) is 3. The molecule has 1 aromatic heterocycles. The second-order valence-corrected chi connectivity index (χ2v) is 5.80. The van der Waals surface area contributed by atoms with Crippen molar-refractivity contribution in [1.29, 1.82) is 0 Å². The van der Waals surface area contributed by atoms with Crippen molar-refractivity contribution in [3.8, 4) is 11.3 Å². The Bertz CT molecular complexity index is 960. The van der Waals surface area contributed by atoms with Gasteiger partial charge in [0.15, 0.2) is 5.82 Å². The lowest BCUT2D eigenvalue weighted by Gasteiger charge is -2.11. The standard InChI is InChI=1S/C19H18F3N5O/c1-3-18(28)25-14-6-4-5-12(8-14)15-9-13(19(20,21)22)10-17(26-15)27-16(24)7-11(2)23/h3-10H,1,23H2,2H3,(H,25,28)(H2,24,26,27)/b11-7-. The van der Waals surface area contributed by atoms with Crippen molar-refractivity contribution in [2.24, 2.45) is 16.5 Å². The van der Waals surface area contributed by atoms with E-state index in [4.69, 9.17) is 11.5 Å². The molecule has 0 spiro atoms. The predicted octanol–water partition coefficient (Wildman–Crippen LogP) is 3.74. The summed E-state index contributed by atoms with van der Waals surface area (Å²) in [7, 11) is 0. The summed E-state index contributed by atoms with van der Waals surface area (Å²) >= 11 is 0. The second-order valence-electron chi connectivity index (χ2n) is 5.80. The van der Waals surface area contributed by atoms with Gasteiger partial charge in [0.1, 0.15) is 5.84 Å². The molecule has 0 aliphatic carbocycles. The van der Waals surface area contributed by atoms with E-state index in [1.807, 2.05) is 0 Å². The molecule has 1 amide bonds. The van der Waals surface area contributed by atoms with Gasteiger partial charge in [0.25, 0.3) is 0 Å². The van der Waals surface area contributed by atoms with Gasteiger partial charge >= 0.3 is 6.18 Å². The van der Waals surface area contributed by atoms with Crippen molar-refractivity contribution >= 4 is 23.2 Å². The number of carbonyl (C=O) groups excluding carboxylic acids is 1. The molecule has 0 saturated carbocycles. The van der Waals surface area contributed by atoms with Gasteiger partial charge in [-0.15, -0.1) is 0 Å². The Kier molecular flexibility index (Phi) is 6.19. The van der Waals surface area contributed by atoms with Crippen LogP contribution in [-0.4, -0.2) is 16.7 Å². The zero-order chi connectivity index (χ0) is 20.9. The largest absolute Gasteiger partial charge is 0.416 e. The first kappa shape index (κ1) is 20.7. The van der Waals surface area contributed by atoms with E-state index in [2.05, 4.69) is 21.9 Å². The fourth-order valence-corrected chi connectivity index (χ4v) is 2.23. The number of benzene rings is 1. The summed E-state index contributed by atoms with van der Waals surface area (Å²) in [5.41, 5.74) is 11.3. The number of amidine groups is 1. The van der Waals surface area contributed by atoms with Crippen LogP contribution in [0.15, 0.2) is 65.8 Å². The molecule has 0 bridgehead atoms. The zero-order valence-electron chi connectivity index (χ0n) is 14.9. The minimum absolute atomic E-state index is 0.0181. The molecule has 5 N–H and O–H groups in total. The summed E-state index contributed by atoms with van der Waals surface area (Å²) in [5.74, 6) is -0.749. The van der Waals surface area contributed by atoms with Crippen molar-refractivity contribution in [2.45, 2.75) is 13.1 Å². The maximum Gasteiger partial charge on any atom is 0.416 e. The number of rotatable bonds is 5. The summed E-state index contributed by atoms with van der Waals surface area (Å²) in [6.45, 7) is 4.91. The Morgan fingerprint density at radius 1 is 1.25 bits per heavy atom. The van der Waals surface area contributed by atoms with E-state index in [-0.39, 0.29) is 17.3 Å². The highest BCUT2D eigenvalue weighted by atomic mass is 19.4. The highest BCUT2D eigenvalue weighted by Crippen LogP contribution is 2.34. The lowest BCUT2D eigenvalue weighted by Crippen LogP contribution is -2.11. The number of carbonyl (C=O) groups is 1. The van der Waals surface area contributed by atoms with Crippen LogP contribution >= 0.6 is 0 Å². The minimum atomic E-state index is -4.61. The summed E-state index contributed by atoms with van der Waals surface area (Å²) in [5, 5.41) is 2.54. The molecule has 2 rings (SSSR count). The van der Waals surface area contributed by atoms with E-state index in [1.165, 1.54) is 12.1 Å². The average Bonchev–Trinajstić information content (AvgIpc) is 2.60. The van der Waals surface area contributed by atoms with E-state index in [9.17, 15) is 18.0 Å².